The summed E-state index contributed by atoms with van der Waals surface area (Å²) in [5.41, 5.74) is 3.45. The molecule has 0 aliphatic carbocycles. The van der Waals surface area contributed by atoms with E-state index in [9.17, 15) is 4.79 Å². The first-order valence-corrected chi connectivity index (χ1v) is 9.81. The van der Waals surface area contributed by atoms with E-state index in [-0.39, 0.29) is 12.5 Å². The predicted molar refractivity (Wildman–Crippen MR) is 107 cm³/mol. The highest BCUT2D eigenvalue weighted by molar-refractivity contribution is 7.99. The fourth-order valence-corrected chi connectivity index (χ4v) is 3.79. The zero-order chi connectivity index (χ0) is 18.2. The van der Waals surface area contributed by atoms with Gasteiger partial charge in [-0.15, -0.1) is 0 Å². The standard InChI is InChI=1S/C20H22N4OS/c21-13-16-4-6-18(7-5-16)22-14-20(25)23-19-3-1-2-17(12-19)15-24-8-10-26-11-9-24/h1-7,12,22H,8-11,14-15H2,(H,23,25). The number of thioether (sulfide) groups is 1. The fraction of sp³-hybridized carbons (Fsp3) is 0.300. The van der Waals surface area contributed by atoms with Crippen LogP contribution in [0.2, 0.25) is 0 Å². The van der Waals surface area contributed by atoms with Crippen LogP contribution in [0.15, 0.2) is 48.5 Å². The van der Waals surface area contributed by atoms with Crippen LogP contribution < -0.4 is 10.6 Å². The maximum atomic E-state index is 12.2. The normalized spacial score (nSPS) is 14.4. The molecule has 1 saturated heterocycles. The number of benzene rings is 2. The minimum atomic E-state index is -0.0964. The van der Waals surface area contributed by atoms with Gasteiger partial charge < -0.3 is 10.6 Å². The number of carbonyl (C=O) groups excluding carboxylic acids is 1. The zero-order valence-electron chi connectivity index (χ0n) is 14.6. The molecule has 5 nitrogen and oxygen atoms in total. The van der Waals surface area contributed by atoms with E-state index in [1.807, 2.05) is 30.0 Å². The van der Waals surface area contributed by atoms with Crippen molar-refractivity contribution in [1.29, 1.82) is 5.26 Å². The van der Waals surface area contributed by atoms with Gasteiger partial charge in [-0.3, -0.25) is 9.69 Å². The van der Waals surface area contributed by atoms with Crippen molar-refractivity contribution in [2.24, 2.45) is 0 Å². The second-order valence-electron chi connectivity index (χ2n) is 6.18. The van der Waals surface area contributed by atoms with Crippen molar-refractivity contribution in [1.82, 2.24) is 4.90 Å². The summed E-state index contributed by atoms with van der Waals surface area (Å²) in [5, 5.41) is 14.8. The molecule has 2 N–H and O–H groups in total. The summed E-state index contributed by atoms with van der Waals surface area (Å²) >= 11 is 2.00. The van der Waals surface area contributed by atoms with Crippen LogP contribution in [-0.2, 0) is 11.3 Å². The van der Waals surface area contributed by atoms with Crippen LogP contribution in [0.1, 0.15) is 11.1 Å². The maximum Gasteiger partial charge on any atom is 0.243 e. The topological polar surface area (TPSA) is 68.2 Å². The van der Waals surface area contributed by atoms with E-state index in [0.29, 0.717) is 5.56 Å². The Morgan fingerprint density at radius 3 is 2.62 bits per heavy atom. The van der Waals surface area contributed by atoms with E-state index in [1.54, 1.807) is 24.3 Å². The van der Waals surface area contributed by atoms with E-state index in [0.717, 1.165) is 31.0 Å². The van der Waals surface area contributed by atoms with E-state index < -0.39 is 0 Å². The molecule has 2 aromatic carbocycles. The highest BCUT2D eigenvalue weighted by Crippen LogP contribution is 2.16. The van der Waals surface area contributed by atoms with Gasteiger partial charge in [-0.1, -0.05) is 12.1 Å². The third kappa shape index (κ3) is 5.51. The predicted octanol–water partition coefficient (Wildman–Crippen LogP) is 3.16. The summed E-state index contributed by atoms with van der Waals surface area (Å²) in [7, 11) is 0. The molecular weight excluding hydrogens is 344 g/mol. The number of hydrogen-bond acceptors (Lipinski definition) is 5. The number of nitriles is 1. The lowest BCUT2D eigenvalue weighted by atomic mass is 10.2. The van der Waals surface area contributed by atoms with E-state index >= 15 is 0 Å². The summed E-state index contributed by atoms with van der Waals surface area (Å²) in [6.45, 7) is 3.35. The molecule has 1 aliphatic heterocycles. The number of hydrogen-bond donors (Lipinski definition) is 2. The van der Waals surface area contributed by atoms with E-state index in [4.69, 9.17) is 5.26 Å². The summed E-state index contributed by atoms with van der Waals surface area (Å²) in [4.78, 5) is 14.6. The van der Waals surface area contributed by atoms with Crippen molar-refractivity contribution >= 4 is 29.0 Å². The molecule has 3 rings (SSSR count). The molecule has 134 valence electrons. The van der Waals surface area contributed by atoms with Crippen molar-refractivity contribution in [3.05, 3.63) is 59.7 Å². The molecule has 0 aromatic heterocycles. The van der Waals surface area contributed by atoms with Crippen LogP contribution in [0, 0.1) is 11.3 Å². The Kier molecular flexibility index (Phi) is 6.53. The lowest BCUT2D eigenvalue weighted by molar-refractivity contribution is -0.114. The Morgan fingerprint density at radius 2 is 1.88 bits per heavy atom. The Hall–Kier alpha value is -2.49. The molecular formula is C20H22N4OS. The third-order valence-electron chi connectivity index (χ3n) is 4.19. The number of amides is 1. The quantitative estimate of drug-likeness (QED) is 0.822. The van der Waals surface area contributed by atoms with Crippen LogP contribution in [0.25, 0.3) is 0 Å². The van der Waals surface area contributed by atoms with Gasteiger partial charge in [0.2, 0.25) is 5.91 Å². The van der Waals surface area contributed by atoms with Crippen molar-refractivity contribution in [3.63, 3.8) is 0 Å². The Bertz CT molecular complexity index is 779. The largest absolute Gasteiger partial charge is 0.376 e. The third-order valence-corrected chi connectivity index (χ3v) is 5.13. The molecule has 1 fully saturated rings. The molecule has 1 heterocycles. The number of nitrogens with one attached hydrogen (secondary N) is 2. The first-order chi connectivity index (χ1) is 12.7. The Balaban J connectivity index is 1.50. The monoisotopic (exact) mass is 366 g/mol. The van der Waals surface area contributed by atoms with Gasteiger partial charge in [0.05, 0.1) is 18.2 Å². The van der Waals surface area contributed by atoms with Crippen LogP contribution >= 0.6 is 11.8 Å². The Morgan fingerprint density at radius 1 is 1.12 bits per heavy atom. The van der Waals surface area contributed by atoms with Crippen molar-refractivity contribution in [2.45, 2.75) is 6.54 Å². The van der Waals surface area contributed by atoms with Crippen molar-refractivity contribution in [3.8, 4) is 6.07 Å². The summed E-state index contributed by atoms with van der Waals surface area (Å²) < 4.78 is 0. The number of nitrogens with zero attached hydrogens (tertiary/aromatic N) is 2. The van der Waals surface area contributed by atoms with Gasteiger partial charge in [-0.25, -0.2) is 0 Å². The molecule has 0 radical (unpaired) electrons. The van der Waals surface area contributed by atoms with Crippen LogP contribution in [-0.4, -0.2) is 41.9 Å². The lowest BCUT2D eigenvalue weighted by Gasteiger charge is -2.26. The smallest absolute Gasteiger partial charge is 0.243 e. The Labute approximate surface area is 158 Å². The number of carbonyl (C=O) groups is 1. The SMILES string of the molecule is N#Cc1ccc(NCC(=O)Nc2cccc(CN3CCSCC3)c2)cc1. The fourth-order valence-electron chi connectivity index (χ4n) is 2.82. The molecule has 0 bridgehead atoms. The highest BCUT2D eigenvalue weighted by atomic mass is 32.2. The molecule has 6 heteroatoms. The van der Waals surface area contributed by atoms with Gasteiger partial charge in [0.15, 0.2) is 0 Å². The summed E-state index contributed by atoms with van der Waals surface area (Å²) in [5.74, 6) is 2.29. The number of anilines is 2. The molecule has 1 amide bonds. The lowest BCUT2D eigenvalue weighted by Crippen LogP contribution is -2.32. The average Bonchev–Trinajstić information content (AvgIpc) is 2.68. The second-order valence-corrected chi connectivity index (χ2v) is 7.40. The van der Waals surface area contributed by atoms with E-state index in [1.165, 1.54) is 17.1 Å². The van der Waals surface area contributed by atoms with Gasteiger partial charge >= 0.3 is 0 Å². The molecule has 1 aliphatic rings. The first-order valence-electron chi connectivity index (χ1n) is 8.66. The number of rotatable bonds is 6. The molecule has 26 heavy (non-hydrogen) atoms. The van der Waals surface area contributed by atoms with Gasteiger partial charge in [0, 0.05) is 42.5 Å². The van der Waals surface area contributed by atoms with Gasteiger partial charge in [-0.2, -0.15) is 17.0 Å². The summed E-state index contributed by atoms with van der Waals surface area (Å²) in [6.07, 6.45) is 0. The zero-order valence-corrected chi connectivity index (χ0v) is 15.4. The first kappa shape index (κ1) is 18.3. The maximum absolute atomic E-state index is 12.2. The highest BCUT2D eigenvalue weighted by Gasteiger charge is 2.11. The van der Waals surface area contributed by atoms with Crippen molar-refractivity contribution in [2.75, 3.05) is 41.8 Å². The molecule has 0 saturated carbocycles. The minimum absolute atomic E-state index is 0.0964. The van der Waals surface area contributed by atoms with E-state index in [2.05, 4.69) is 27.7 Å². The summed E-state index contributed by atoms with van der Waals surface area (Å²) in [6, 6.07) is 17.2. The van der Waals surface area contributed by atoms with Crippen LogP contribution in [0.4, 0.5) is 11.4 Å². The van der Waals surface area contributed by atoms with Gasteiger partial charge in [-0.05, 0) is 42.0 Å². The van der Waals surface area contributed by atoms with Crippen LogP contribution in [0.5, 0.6) is 0 Å². The van der Waals surface area contributed by atoms with Crippen molar-refractivity contribution < 1.29 is 4.79 Å². The molecule has 0 unspecified atom stereocenters. The average molecular weight is 366 g/mol. The van der Waals surface area contributed by atoms with Gasteiger partial charge in [0.1, 0.15) is 0 Å². The van der Waals surface area contributed by atoms with Crippen LogP contribution in [0.3, 0.4) is 0 Å². The molecule has 0 spiro atoms. The van der Waals surface area contributed by atoms with Gasteiger partial charge in [0.25, 0.3) is 0 Å². The molecule has 0 atom stereocenters. The minimum Gasteiger partial charge on any atom is -0.376 e. The second kappa shape index (κ2) is 9.27. The molecule has 2 aromatic rings.